The summed E-state index contributed by atoms with van der Waals surface area (Å²) in [4.78, 5) is 3.88. The van der Waals surface area contributed by atoms with E-state index in [0.717, 1.165) is 13.0 Å². The number of rotatable bonds is 1. The first-order chi connectivity index (χ1) is 13.9. The van der Waals surface area contributed by atoms with Crippen LogP contribution in [0.5, 0.6) is 0 Å². The van der Waals surface area contributed by atoms with Gasteiger partial charge in [0.2, 0.25) is 0 Å². The van der Waals surface area contributed by atoms with Gasteiger partial charge in [-0.25, -0.2) is 17.6 Å². The van der Waals surface area contributed by atoms with E-state index in [4.69, 9.17) is 22.1 Å². The third kappa shape index (κ3) is 3.78. The third-order valence-corrected chi connectivity index (χ3v) is 5.30. The zero-order valence-electron chi connectivity index (χ0n) is 16.5. The number of amidine groups is 1. The molecule has 1 heterocycles. The topological polar surface area (TPSA) is 47.6 Å². The van der Waals surface area contributed by atoms with Crippen molar-refractivity contribution in [1.82, 2.24) is 0 Å². The maximum absolute atomic E-state index is 15.5. The van der Waals surface area contributed by atoms with Crippen molar-refractivity contribution in [3.63, 3.8) is 0 Å². The molecule has 1 unspecified atom stereocenters. The van der Waals surface area contributed by atoms with Gasteiger partial charge in [0.25, 0.3) is 0 Å². The van der Waals surface area contributed by atoms with Crippen molar-refractivity contribution >= 4 is 17.4 Å². The molecule has 30 heavy (non-hydrogen) atoms. The molecule has 2 aromatic rings. The van der Waals surface area contributed by atoms with Gasteiger partial charge in [0, 0.05) is 22.2 Å². The Morgan fingerprint density at radius 1 is 1.07 bits per heavy atom. The Hall–Kier alpha value is -2.56. The lowest BCUT2D eigenvalue weighted by Crippen LogP contribution is -2.56. The molecule has 1 aliphatic heterocycles. The van der Waals surface area contributed by atoms with Crippen LogP contribution in [0.3, 0.4) is 0 Å². The van der Waals surface area contributed by atoms with Gasteiger partial charge in [0.1, 0.15) is 29.7 Å². The molecule has 8 heteroatoms. The van der Waals surface area contributed by atoms with Gasteiger partial charge in [-0.2, -0.15) is 0 Å². The van der Waals surface area contributed by atoms with Crippen LogP contribution in [0.2, 0.25) is 5.02 Å². The van der Waals surface area contributed by atoms with Gasteiger partial charge in [-0.15, -0.1) is 0 Å². The first kappa shape index (κ1) is 22.1. The van der Waals surface area contributed by atoms with Crippen molar-refractivity contribution in [2.45, 2.75) is 37.8 Å². The molecule has 0 amide bonds. The molecule has 3 nitrogen and oxygen atoms in total. The van der Waals surface area contributed by atoms with Crippen molar-refractivity contribution in [2.75, 3.05) is 6.61 Å². The van der Waals surface area contributed by atoms with Crippen molar-refractivity contribution in [1.29, 1.82) is 0 Å². The average molecular weight is 439 g/mol. The summed E-state index contributed by atoms with van der Waals surface area (Å²) in [5, 5.41) is 0.430. The summed E-state index contributed by atoms with van der Waals surface area (Å²) in [5.41, 5.74) is 0.936. The average Bonchev–Trinajstić information content (AvgIpc) is 2.70. The highest BCUT2D eigenvalue weighted by atomic mass is 35.5. The van der Waals surface area contributed by atoms with Crippen LogP contribution in [0.25, 0.3) is 0 Å². The van der Waals surface area contributed by atoms with Gasteiger partial charge < -0.3 is 10.5 Å². The van der Waals surface area contributed by atoms with Crippen LogP contribution in [0.4, 0.5) is 17.6 Å². The Morgan fingerprint density at radius 2 is 1.77 bits per heavy atom. The maximum atomic E-state index is 15.5. The second-order valence-electron chi connectivity index (χ2n) is 7.62. The van der Waals surface area contributed by atoms with E-state index < -0.39 is 34.3 Å². The number of aliphatic imine (C=N–C) groups is 1. The maximum Gasteiger partial charge on any atom is 0.304 e. The van der Waals surface area contributed by atoms with E-state index >= 15 is 8.78 Å². The highest BCUT2D eigenvalue weighted by molar-refractivity contribution is 6.30. The first-order valence-electron chi connectivity index (χ1n) is 9.00. The monoisotopic (exact) mass is 438 g/mol. The molecular formula is C22H19ClF4N2O. The van der Waals surface area contributed by atoms with Gasteiger partial charge in [-0.1, -0.05) is 29.5 Å². The Labute approximate surface area is 176 Å². The van der Waals surface area contributed by atoms with Gasteiger partial charge in [-0.05, 0) is 45.0 Å². The van der Waals surface area contributed by atoms with Crippen LogP contribution in [-0.2, 0) is 10.3 Å². The predicted octanol–water partition coefficient (Wildman–Crippen LogP) is 5.03. The summed E-state index contributed by atoms with van der Waals surface area (Å²) >= 11 is 5.90. The van der Waals surface area contributed by atoms with Crippen LogP contribution in [0, 0.1) is 23.5 Å². The van der Waals surface area contributed by atoms with Crippen LogP contribution >= 0.6 is 11.6 Å². The van der Waals surface area contributed by atoms with Crippen molar-refractivity contribution in [3.05, 3.63) is 69.7 Å². The number of benzene rings is 2. The van der Waals surface area contributed by atoms with Crippen molar-refractivity contribution in [2.24, 2.45) is 10.7 Å². The number of nitrogens with zero attached hydrogens (tertiary/aromatic N) is 1. The van der Waals surface area contributed by atoms with E-state index in [9.17, 15) is 8.78 Å². The van der Waals surface area contributed by atoms with Crippen LogP contribution in [0.15, 0.2) is 41.4 Å². The largest absolute Gasteiger partial charge is 0.385 e. The molecule has 3 rings (SSSR count). The van der Waals surface area contributed by atoms with E-state index in [-0.39, 0.29) is 18.0 Å². The van der Waals surface area contributed by atoms with Crippen molar-refractivity contribution in [3.8, 4) is 11.8 Å². The van der Waals surface area contributed by atoms with Crippen LogP contribution in [0.1, 0.15) is 37.5 Å². The number of hydrogen-bond donors (Lipinski definition) is 1. The zero-order chi connectivity index (χ0) is 22.3. The number of ether oxygens (including phenoxy) is 1. The number of alkyl halides is 2. The van der Waals surface area contributed by atoms with Crippen LogP contribution in [-0.4, -0.2) is 24.0 Å². The predicted molar refractivity (Wildman–Crippen MR) is 108 cm³/mol. The summed E-state index contributed by atoms with van der Waals surface area (Å²) in [6.45, 7) is 3.03. The fourth-order valence-corrected chi connectivity index (χ4v) is 3.46. The van der Waals surface area contributed by atoms with E-state index in [0.29, 0.717) is 16.7 Å². The first-order valence-corrected chi connectivity index (χ1v) is 9.38. The summed E-state index contributed by atoms with van der Waals surface area (Å²) in [7, 11) is 0. The molecule has 0 radical (unpaired) electrons. The van der Waals surface area contributed by atoms with Crippen molar-refractivity contribution < 1.29 is 22.3 Å². The molecule has 1 atom stereocenters. The number of nitrogens with two attached hydrogens (primary N) is 1. The highest BCUT2D eigenvalue weighted by Crippen LogP contribution is 2.50. The van der Waals surface area contributed by atoms with Gasteiger partial charge in [-0.3, -0.25) is 4.99 Å². The quantitative estimate of drug-likeness (QED) is 0.501. The molecule has 0 spiro atoms. The van der Waals surface area contributed by atoms with E-state index in [1.165, 1.54) is 13.8 Å². The van der Waals surface area contributed by atoms with Gasteiger partial charge in [0.15, 0.2) is 5.54 Å². The normalized spacial score (nSPS) is 22.5. The molecule has 0 bridgehead atoms. The minimum Gasteiger partial charge on any atom is -0.385 e. The Bertz CT molecular complexity index is 1090. The summed E-state index contributed by atoms with van der Waals surface area (Å²) < 4.78 is 65.2. The molecule has 0 aliphatic carbocycles. The minimum absolute atomic E-state index is 0.224. The van der Waals surface area contributed by atoms with Gasteiger partial charge >= 0.3 is 5.92 Å². The van der Waals surface area contributed by atoms with Crippen LogP contribution < -0.4 is 5.73 Å². The molecular weight excluding hydrogens is 420 g/mol. The summed E-state index contributed by atoms with van der Waals surface area (Å²) in [6.07, 6.45) is 0. The molecule has 0 saturated heterocycles. The molecule has 1 aliphatic rings. The highest BCUT2D eigenvalue weighted by Gasteiger charge is 2.64. The van der Waals surface area contributed by atoms with E-state index in [1.54, 1.807) is 24.3 Å². The minimum atomic E-state index is -3.68. The fraction of sp³-hybridized carbons (Fsp3) is 0.318. The molecule has 158 valence electrons. The Kier molecular flexibility index (Phi) is 5.61. The van der Waals surface area contributed by atoms with Gasteiger partial charge in [0.05, 0.1) is 5.56 Å². The molecule has 0 fully saturated rings. The molecule has 2 aromatic carbocycles. The van der Waals surface area contributed by atoms with E-state index in [1.807, 2.05) is 0 Å². The fourth-order valence-electron chi connectivity index (χ4n) is 3.27. The zero-order valence-corrected chi connectivity index (χ0v) is 17.2. The SMILES string of the molecule is CC1(C)OCC(N)=NC(C)(c2cc(C#Cc3cccc(Cl)c3)c(F)cc2F)C1(F)F. The molecule has 0 saturated carbocycles. The molecule has 2 N–H and O–H groups in total. The lowest BCUT2D eigenvalue weighted by Gasteiger charge is -2.41. The third-order valence-electron chi connectivity index (χ3n) is 5.06. The lowest BCUT2D eigenvalue weighted by molar-refractivity contribution is -0.214. The Balaban J connectivity index is 2.19. The standard InChI is InChI=1S/C22H19ClF4N2O/c1-20(2)22(26,27)21(3,29-19(28)12-30-20)16-10-14(17(24)11-18(16)25)8-7-13-5-4-6-15(23)9-13/h4-6,9-11H,12H2,1-3H3,(H2,28,29). The molecule has 0 aromatic heterocycles. The smallest absolute Gasteiger partial charge is 0.304 e. The number of hydrogen-bond acceptors (Lipinski definition) is 3. The number of halogens is 5. The second-order valence-corrected chi connectivity index (χ2v) is 8.06. The summed E-state index contributed by atoms with van der Waals surface area (Å²) in [5.74, 6) is -0.835. The van der Waals surface area contributed by atoms with E-state index in [2.05, 4.69) is 16.8 Å². The summed E-state index contributed by atoms with van der Waals surface area (Å²) in [6, 6.07) is 7.96. The second kappa shape index (κ2) is 7.60. The lowest BCUT2D eigenvalue weighted by atomic mass is 9.77. The Morgan fingerprint density at radius 3 is 2.43 bits per heavy atom.